The van der Waals surface area contributed by atoms with Gasteiger partial charge in [0, 0.05) is 12.1 Å². The lowest BCUT2D eigenvalue weighted by molar-refractivity contribution is 0.303. The van der Waals surface area contributed by atoms with Crippen LogP contribution in [0.15, 0.2) is 65.5 Å². The van der Waals surface area contributed by atoms with Gasteiger partial charge in [-0.3, -0.25) is 9.36 Å². The average molecular weight is 545 g/mol. The van der Waals surface area contributed by atoms with Crippen molar-refractivity contribution in [3.8, 4) is 0 Å². The van der Waals surface area contributed by atoms with Crippen molar-refractivity contribution in [2.24, 2.45) is 0 Å². The number of hydrogen-bond donors (Lipinski definition) is 1. The maximum absolute atomic E-state index is 15.1. The molecule has 0 aliphatic carbocycles. The number of aromatic nitrogens is 2. The molecule has 0 bridgehead atoms. The van der Waals surface area contributed by atoms with Crippen LogP contribution >= 0.6 is 0 Å². The van der Waals surface area contributed by atoms with Crippen LogP contribution < -0.4 is 10.9 Å². The first kappa shape index (κ1) is 29.2. The second kappa shape index (κ2) is 13.5. The molecule has 0 saturated carbocycles. The van der Waals surface area contributed by atoms with Gasteiger partial charge in [0.2, 0.25) is 0 Å². The second-order valence-corrected chi connectivity index (χ2v) is 10.3. The smallest absolute Gasteiger partial charge is 0.262 e. The maximum Gasteiger partial charge on any atom is 0.262 e. The molecule has 210 valence electrons. The molecular weight excluding hydrogens is 506 g/mol. The van der Waals surface area contributed by atoms with E-state index >= 15 is 4.39 Å². The Labute approximate surface area is 235 Å². The lowest BCUT2D eigenvalue weighted by Crippen LogP contribution is -2.26. The Morgan fingerprint density at radius 1 is 0.975 bits per heavy atom. The van der Waals surface area contributed by atoms with Gasteiger partial charge in [-0.05, 0) is 67.4 Å². The SMILES string of the molecule is CCN(CC)CCCNc1cc2nc(/C=C/c3ccc(C(C)C)cc3)n(Cc3ccccc3F)c(=O)c2cc1F. The van der Waals surface area contributed by atoms with Crippen LogP contribution in [0.3, 0.4) is 0 Å². The van der Waals surface area contributed by atoms with Gasteiger partial charge >= 0.3 is 0 Å². The van der Waals surface area contributed by atoms with Gasteiger partial charge in [-0.25, -0.2) is 13.8 Å². The fraction of sp³-hybridized carbons (Fsp3) is 0.333. The molecule has 3 aromatic carbocycles. The number of rotatable bonds is 12. The molecule has 0 amide bonds. The Morgan fingerprint density at radius 3 is 2.38 bits per heavy atom. The summed E-state index contributed by atoms with van der Waals surface area (Å²) in [5.41, 5.74) is 2.81. The van der Waals surface area contributed by atoms with E-state index in [-0.39, 0.29) is 11.9 Å². The number of benzene rings is 3. The molecule has 4 aromatic rings. The standard InChI is InChI=1S/C33H38F2N4O/c1-5-38(6-2)19-9-18-36-31-21-30-27(20-29(31)35)33(40)39(22-26-10-7-8-11-28(26)34)32(37-30)17-14-24-12-15-25(16-13-24)23(3)4/h7-8,10-17,20-21,23,36H,5-6,9,18-19,22H2,1-4H3/b17-14+. The third-order valence-electron chi connectivity index (χ3n) is 7.25. The molecule has 4 rings (SSSR count). The van der Waals surface area contributed by atoms with Crippen LogP contribution in [-0.4, -0.2) is 40.6 Å². The molecule has 40 heavy (non-hydrogen) atoms. The van der Waals surface area contributed by atoms with Crippen LogP contribution in [-0.2, 0) is 6.54 Å². The average Bonchev–Trinajstić information content (AvgIpc) is 2.95. The molecule has 1 heterocycles. The van der Waals surface area contributed by atoms with E-state index in [4.69, 9.17) is 4.98 Å². The highest BCUT2D eigenvalue weighted by atomic mass is 19.1. The first-order chi connectivity index (χ1) is 19.3. The fourth-order valence-electron chi connectivity index (χ4n) is 4.70. The molecule has 5 nitrogen and oxygen atoms in total. The summed E-state index contributed by atoms with van der Waals surface area (Å²) >= 11 is 0. The van der Waals surface area contributed by atoms with E-state index in [1.165, 1.54) is 22.3 Å². The largest absolute Gasteiger partial charge is 0.383 e. The van der Waals surface area contributed by atoms with Gasteiger partial charge in [-0.2, -0.15) is 0 Å². The summed E-state index contributed by atoms with van der Waals surface area (Å²) in [6, 6.07) is 17.3. The predicted octanol–water partition coefficient (Wildman–Crippen LogP) is 7.16. The first-order valence-electron chi connectivity index (χ1n) is 14.0. The molecular formula is C33H38F2N4O. The number of anilines is 1. The first-order valence-corrected chi connectivity index (χ1v) is 14.0. The number of fused-ring (bicyclic) bond motifs is 1. The molecule has 0 saturated heterocycles. The number of halogens is 2. The lowest BCUT2D eigenvalue weighted by Gasteiger charge is -2.18. The molecule has 0 aliphatic rings. The Balaban J connectivity index is 1.71. The Morgan fingerprint density at radius 2 is 1.70 bits per heavy atom. The number of nitrogens with zero attached hydrogens (tertiary/aromatic N) is 3. The number of hydrogen-bond acceptors (Lipinski definition) is 4. The van der Waals surface area contributed by atoms with Gasteiger partial charge in [0.15, 0.2) is 0 Å². The van der Waals surface area contributed by atoms with Crippen LogP contribution in [0.4, 0.5) is 14.5 Å². The van der Waals surface area contributed by atoms with Gasteiger partial charge in [-0.1, -0.05) is 76.2 Å². The zero-order valence-electron chi connectivity index (χ0n) is 23.8. The van der Waals surface area contributed by atoms with E-state index in [0.29, 0.717) is 35.1 Å². The van der Waals surface area contributed by atoms with Crippen molar-refractivity contribution in [3.05, 3.63) is 105 Å². The zero-order chi connectivity index (χ0) is 28.6. The van der Waals surface area contributed by atoms with Gasteiger partial charge in [0.25, 0.3) is 5.56 Å². The van der Waals surface area contributed by atoms with Crippen molar-refractivity contribution in [1.82, 2.24) is 14.5 Å². The molecule has 7 heteroatoms. The normalized spacial score (nSPS) is 11.8. The summed E-state index contributed by atoms with van der Waals surface area (Å²) in [5, 5.41) is 3.32. The highest BCUT2D eigenvalue weighted by Crippen LogP contribution is 2.22. The summed E-state index contributed by atoms with van der Waals surface area (Å²) in [5.74, 6) is -0.135. The third kappa shape index (κ3) is 7.02. The number of nitrogens with one attached hydrogen (secondary N) is 1. The van der Waals surface area contributed by atoms with Gasteiger partial charge < -0.3 is 10.2 Å². The minimum absolute atomic E-state index is 0.0205. The second-order valence-electron chi connectivity index (χ2n) is 10.3. The van der Waals surface area contributed by atoms with Gasteiger partial charge in [0.05, 0.1) is 23.1 Å². The minimum Gasteiger partial charge on any atom is -0.383 e. The zero-order valence-corrected chi connectivity index (χ0v) is 23.8. The molecule has 0 fully saturated rings. The highest BCUT2D eigenvalue weighted by molar-refractivity contribution is 5.83. The Hall–Kier alpha value is -3.84. The molecule has 0 atom stereocenters. The fourth-order valence-corrected chi connectivity index (χ4v) is 4.70. The third-order valence-corrected chi connectivity index (χ3v) is 7.25. The van der Waals surface area contributed by atoms with Crippen LogP contribution in [0, 0.1) is 11.6 Å². The molecule has 0 spiro atoms. The minimum atomic E-state index is -0.514. The summed E-state index contributed by atoms with van der Waals surface area (Å²) in [6.45, 7) is 12.0. The van der Waals surface area contributed by atoms with Crippen LogP contribution in [0.25, 0.3) is 23.1 Å². The topological polar surface area (TPSA) is 50.2 Å². The molecule has 0 unspecified atom stereocenters. The molecule has 1 aromatic heterocycles. The monoisotopic (exact) mass is 544 g/mol. The van der Waals surface area contributed by atoms with Crippen LogP contribution in [0.1, 0.15) is 62.5 Å². The highest BCUT2D eigenvalue weighted by Gasteiger charge is 2.15. The van der Waals surface area contributed by atoms with Crippen molar-refractivity contribution in [3.63, 3.8) is 0 Å². The maximum atomic E-state index is 15.1. The van der Waals surface area contributed by atoms with Crippen LogP contribution in [0.2, 0.25) is 0 Å². The van der Waals surface area contributed by atoms with Crippen molar-refractivity contribution in [1.29, 1.82) is 0 Å². The van der Waals surface area contributed by atoms with E-state index in [9.17, 15) is 9.18 Å². The summed E-state index contributed by atoms with van der Waals surface area (Å²) in [7, 11) is 0. The van der Waals surface area contributed by atoms with Crippen molar-refractivity contribution < 1.29 is 8.78 Å². The van der Waals surface area contributed by atoms with E-state index < -0.39 is 17.2 Å². The van der Waals surface area contributed by atoms with Crippen molar-refractivity contribution >= 4 is 28.7 Å². The summed E-state index contributed by atoms with van der Waals surface area (Å²) in [6.07, 6.45) is 4.50. The lowest BCUT2D eigenvalue weighted by atomic mass is 10.0. The molecule has 1 N–H and O–H groups in total. The van der Waals surface area contributed by atoms with E-state index in [2.05, 4.69) is 50.0 Å². The summed E-state index contributed by atoms with van der Waals surface area (Å²) in [4.78, 5) is 20.7. The van der Waals surface area contributed by atoms with Crippen molar-refractivity contribution in [2.45, 2.75) is 46.6 Å². The van der Waals surface area contributed by atoms with E-state index in [0.717, 1.165) is 31.6 Å². The summed E-state index contributed by atoms with van der Waals surface area (Å²) < 4.78 is 31.0. The Kier molecular flexibility index (Phi) is 9.83. The van der Waals surface area contributed by atoms with Crippen LogP contribution in [0.5, 0.6) is 0 Å². The van der Waals surface area contributed by atoms with E-state index in [1.54, 1.807) is 30.3 Å². The van der Waals surface area contributed by atoms with E-state index in [1.807, 2.05) is 18.2 Å². The predicted molar refractivity (Wildman–Crippen MR) is 162 cm³/mol. The Bertz CT molecular complexity index is 1520. The van der Waals surface area contributed by atoms with Gasteiger partial charge in [-0.15, -0.1) is 0 Å². The quantitative estimate of drug-likeness (QED) is 0.192. The van der Waals surface area contributed by atoms with Gasteiger partial charge in [0.1, 0.15) is 17.5 Å². The molecule has 0 aliphatic heterocycles. The van der Waals surface area contributed by atoms with Crippen molar-refractivity contribution in [2.75, 3.05) is 31.5 Å². The molecule has 0 radical (unpaired) electrons.